The quantitative estimate of drug-likeness (QED) is 0.832. The molecule has 1 atom stereocenters. The third-order valence-electron chi connectivity index (χ3n) is 3.53. The average Bonchev–Trinajstić information content (AvgIpc) is 2.12. The number of rotatable bonds is 3. The van der Waals surface area contributed by atoms with Gasteiger partial charge in [-0.3, -0.25) is 4.79 Å². The Morgan fingerprint density at radius 1 is 1.39 bits per heavy atom. The Morgan fingerprint density at radius 3 is 2.50 bits per heavy atom. The van der Waals surface area contributed by atoms with Gasteiger partial charge in [-0.2, -0.15) is 0 Å². The van der Waals surface area contributed by atoms with Crippen LogP contribution in [0.1, 0.15) is 53.9 Å². The fourth-order valence-corrected chi connectivity index (χ4v) is 2.38. The van der Waals surface area contributed by atoms with Gasteiger partial charge in [-0.1, -0.05) is 34.6 Å². The molecular formula is C14H29ClN2O. The van der Waals surface area contributed by atoms with E-state index < -0.39 is 0 Å². The topological polar surface area (TPSA) is 41.1 Å². The zero-order valence-electron chi connectivity index (χ0n) is 12.4. The lowest BCUT2D eigenvalue weighted by atomic mass is 9.77. The van der Waals surface area contributed by atoms with Crippen LogP contribution in [0.25, 0.3) is 0 Å². The summed E-state index contributed by atoms with van der Waals surface area (Å²) in [4.78, 5) is 11.8. The number of carbonyl (C=O) groups excluding carboxylic acids is 1. The van der Waals surface area contributed by atoms with E-state index in [4.69, 9.17) is 0 Å². The Hall–Kier alpha value is -0.280. The highest BCUT2D eigenvalue weighted by molar-refractivity contribution is 5.85. The lowest BCUT2D eigenvalue weighted by Gasteiger charge is -2.39. The molecule has 1 heterocycles. The van der Waals surface area contributed by atoms with Crippen molar-refractivity contribution in [3.05, 3.63) is 0 Å². The second kappa shape index (κ2) is 6.76. The second-order valence-corrected chi connectivity index (χ2v) is 7.14. The van der Waals surface area contributed by atoms with Gasteiger partial charge in [0, 0.05) is 19.0 Å². The van der Waals surface area contributed by atoms with E-state index in [1.54, 1.807) is 0 Å². The number of halogens is 1. The van der Waals surface area contributed by atoms with Gasteiger partial charge in [-0.25, -0.2) is 0 Å². The number of carbonyl (C=O) groups is 1. The van der Waals surface area contributed by atoms with Gasteiger partial charge >= 0.3 is 0 Å². The number of amides is 1. The Labute approximate surface area is 118 Å². The molecule has 1 amide bonds. The summed E-state index contributed by atoms with van der Waals surface area (Å²) in [6, 6.07) is 0.403. The first-order valence-corrected chi connectivity index (χ1v) is 6.71. The molecule has 0 bridgehead atoms. The maximum absolute atomic E-state index is 11.8. The van der Waals surface area contributed by atoms with Crippen molar-refractivity contribution in [2.45, 2.75) is 59.9 Å². The molecule has 1 saturated heterocycles. The van der Waals surface area contributed by atoms with Crippen LogP contribution in [-0.2, 0) is 4.79 Å². The molecule has 3 nitrogen and oxygen atoms in total. The monoisotopic (exact) mass is 276 g/mol. The van der Waals surface area contributed by atoms with Crippen molar-refractivity contribution in [3.8, 4) is 0 Å². The van der Waals surface area contributed by atoms with E-state index in [0.717, 1.165) is 13.1 Å². The van der Waals surface area contributed by atoms with Gasteiger partial charge in [0.05, 0.1) is 0 Å². The maximum Gasteiger partial charge on any atom is 0.220 e. The zero-order valence-corrected chi connectivity index (χ0v) is 13.2. The summed E-state index contributed by atoms with van der Waals surface area (Å²) in [5.74, 6) is 0.167. The summed E-state index contributed by atoms with van der Waals surface area (Å²) < 4.78 is 0. The molecule has 1 aliphatic heterocycles. The predicted molar refractivity (Wildman–Crippen MR) is 79.1 cm³/mol. The van der Waals surface area contributed by atoms with E-state index in [-0.39, 0.29) is 29.1 Å². The van der Waals surface area contributed by atoms with E-state index in [9.17, 15) is 4.79 Å². The van der Waals surface area contributed by atoms with Crippen LogP contribution >= 0.6 is 12.4 Å². The Morgan fingerprint density at radius 2 is 2.00 bits per heavy atom. The van der Waals surface area contributed by atoms with Crippen LogP contribution in [0.3, 0.4) is 0 Å². The third-order valence-corrected chi connectivity index (χ3v) is 3.53. The lowest BCUT2D eigenvalue weighted by Crippen LogP contribution is -2.53. The summed E-state index contributed by atoms with van der Waals surface area (Å²) in [5, 5.41) is 6.58. The maximum atomic E-state index is 11.8. The smallest absolute Gasteiger partial charge is 0.220 e. The molecule has 1 aliphatic rings. The van der Waals surface area contributed by atoms with Crippen molar-refractivity contribution in [1.29, 1.82) is 0 Å². The fourth-order valence-electron chi connectivity index (χ4n) is 2.38. The summed E-state index contributed by atoms with van der Waals surface area (Å²) in [5.41, 5.74) is 0.354. The molecule has 2 N–H and O–H groups in total. The van der Waals surface area contributed by atoms with Crippen LogP contribution in [0.15, 0.2) is 0 Å². The first kappa shape index (κ1) is 17.7. The normalized spacial score (nSPS) is 23.1. The zero-order chi connectivity index (χ0) is 13.1. The van der Waals surface area contributed by atoms with E-state index in [1.807, 2.05) is 0 Å². The largest absolute Gasteiger partial charge is 0.355 e. The van der Waals surface area contributed by atoms with Crippen molar-refractivity contribution >= 4 is 18.3 Å². The van der Waals surface area contributed by atoms with Crippen LogP contribution in [-0.4, -0.2) is 25.0 Å². The van der Waals surface area contributed by atoms with Gasteiger partial charge in [0.25, 0.3) is 0 Å². The molecule has 1 unspecified atom stereocenters. The van der Waals surface area contributed by atoms with E-state index in [1.165, 1.54) is 12.8 Å². The van der Waals surface area contributed by atoms with E-state index in [0.29, 0.717) is 12.5 Å². The number of nitrogens with one attached hydrogen (secondary N) is 2. The van der Waals surface area contributed by atoms with Crippen LogP contribution in [0.5, 0.6) is 0 Å². The van der Waals surface area contributed by atoms with E-state index in [2.05, 4.69) is 45.3 Å². The molecule has 1 fully saturated rings. The van der Waals surface area contributed by atoms with Crippen molar-refractivity contribution in [2.24, 2.45) is 10.8 Å². The van der Waals surface area contributed by atoms with Gasteiger partial charge in [0.15, 0.2) is 0 Å². The SMILES string of the molecule is CC(C)(C)CC(=O)NCC1NCCCC1(C)C.Cl. The van der Waals surface area contributed by atoms with Crippen molar-refractivity contribution in [2.75, 3.05) is 13.1 Å². The molecule has 0 aromatic heterocycles. The van der Waals surface area contributed by atoms with Crippen LogP contribution in [0.4, 0.5) is 0 Å². The average molecular weight is 277 g/mol. The number of piperidine rings is 1. The summed E-state index contributed by atoms with van der Waals surface area (Å²) in [6.45, 7) is 12.7. The summed E-state index contributed by atoms with van der Waals surface area (Å²) >= 11 is 0. The Balaban J connectivity index is 0.00000289. The first-order valence-electron chi connectivity index (χ1n) is 6.71. The second-order valence-electron chi connectivity index (χ2n) is 7.14. The van der Waals surface area contributed by atoms with Crippen molar-refractivity contribution in [1.82, 2.24) is 10.6 Å². The number of hydrogen-bond acceptors (Lipinski definition) is 2. The third kappa shape index (κ3) is 6.05. The molecule has 0 radical (unpaired) electrons. The molecule has 108 valence electrons. The number of hydrogen-bond donors (Lipinski definition) is 2. The molecule has 0 aromatic carbocycles. The van der Waals surface area contributed by atoms with E-state index >= 15 is 0 Å². The van der Waals surface area contributed by atoms with Crippen LogP contribution < -0.4 is 10.6 Å². The first-order chi connectivity index (χ1) is 7.71. The standard InChI is InChI=1S/C14H28N2O.ClH/c1-13(2,3)9-12(17)16-10-11-14(4,5)7-6-8-15-11;/h11,15H,6-10H2,1-5H3,(H,16,17);1H. The Bertz CT molecular complexity index is 271. The predicted octanol–water partition coefficient (Wildman–Crippen LogP) is 2.74. The highest BCUT2D eigenvalue weighted by Gasteiger charge is 2.32. The minimum absolute atomic E-state index is 0. The van der Waals surface area contributed by atoms with Gasteiger partial charge in [-0.15, -0.1) is 12.4 Å². The molecule has 0 saturated carbocycles. The summed E-state index contributed by atoms with van der Waals surface area (Å²) in [7, 11) is 0. The molecular weight excluding hydrogens is 248 g/mol. The molecule has 1 rings (SSSR count). The fraction of sp³-hybridized carbons (Fsp3) is 0.929. The van der Waals surface area contributed by atoms with Gasteiger partial charge < -0.3 is 10.6 Å². The van der Waals surface area contributed by atoms with Gasteiger partial charge in [0.1, 0.15) is 0 Å². The Kier molecular flexibility index (Phi) is 6.66. The van der Waals surface area contributed by atoms with Gasteiger partial charge in [-0.05, 0) is 30.2 Å². The molecule has 4 heteroatoms. The van der Waals surface area contributed by atoms with Crippen molar-refractivity contribution < 1.29 is 4.79 Å². The summed E-state index contributed by atoms with van der Waals surface area (Å²) in [6.07, 6.45) is 3.07. The van der Waals surface area contributed by atoms with Crippen LogP contribution in [0, 0.1) is 10.8 Å². The highest BCUT2D eigenvalue weighted by Crippen LogP contribution is 2.29. The van der Waals surface area contributed by atoms with Gasteiger partial charge in [0.2, 0.25) is 5.91 Å². The molecule has 0 aliphatic carbocycles. The molecule has 0 aromatic rings. The van der Waals surface area contributed by atoms with Crippen LogP contribution in [0.2, 0.25) is 0 Å². The minimum atomic E-state index is 0. The molecule has 18 heavy (non-hydrogen) atoms. The minimum Gasteiger partial charge on any atom is -0.355 e. The van der Waals surface area contributed by atoms with Crippen molar-refractivity contribution in [3.63, 3.8) is 0 Å². The molecule has 0 spiro atoms. The lowest BCUT2D eigenvalue weighted by molar-refractivity contribution is -0.123. The highest BCUT2D eigenvalue weighted by atomic mass is 35.5.